The van der Waals surface area contributed by atoms with E-state index in [9.17, 15) is 4.79 Å². The summed E-state index contributed by atoms with van der Waals surface area (Å²) in [7, 11) is 0. The summed E-state index contributed by atoms with van der Waals surface area (Å²) < 4.78 is 0. The highest BCUT2D eigenvalue weighted by atomic mass is 16.1. The SMILES string of the molecule is CCC1C(=O)[C@@]2(C)CC[C@@H]3[C@@H](CCC4CCCC[C@@]43C)[C@@H]2C1CC. The van der Waals surface area contributed by atoms with Gasteiger partial charge in [-0.3, -0.25) is 4.79 Å². The Bertz CT molecular complexity index is 510. The van der Waals surface area contributed by atoms with E-state index >= 15 is 0 Å². The molecule has 0 aromatic heterocycles. The molecule has 0 aliphatic heterocycles. The van der Waals surface area contributed by atoms with Crippen LogP contribution < -0.4 is 0 Å². The van der Waals surface area contributed by atoms with E-state index in [4.69, 9.17) is 0 Å². The maximum absolute atomic E-state index is 13.3. The van der Waals surface area contributed by atoms with Crippen LogP contribution in [0.2, 0.25) is 0 Å². The van der Waals surface area contributed by atoms with Crippen molar-refractivity contribution >= 4 is 5.78 Å². The number of fused-ring (bicyclic) bond motifs is 5. The van der Waals surface area contributed by atoms with Crippen molar-refractivity contribution < 1.29 is 4.79 Å². The summed E-state index contributed by atoms with van der Waals surface area (Å²) in [5, 5.41) is 0. The van der Waals surface area contributed by atoms with Gasteiger partial charge in [-0.2, -0.15) is 0 Å². The highest BCUT2D eigenvalue weighted by molar-refractivity contribution is 5.90. The van der Waals surface area contributed by atoms with E-state index in [1.165, 1.54) is 57.8 Å². The summed E-state index contributed by atoms with van der Waals surface area (Å²) in [5.41, 5.74) is 0.606. The Kier molecular flexibility index (Phi) is 4.17. The van der Waals surface area contributed by atoms with Crippen molar-refractivity contribution in [1.82, 2.24) is 0 Å². The number of rotatable bonds is 2. The molecule has 1 nitrogen and oxygen atoms in total. The molecule has 4 fully saturated rings. The largest absolute Gasteiger partial charge is 0.299 e. The third-order valence-electron chi connectivity index (χ3n) is 9.62. The molecule has 4 aliphatic carbocycles. The second kappa shape index (κ2) is 5.85. The molecule has 136 valence electrons. The third-order valence-corrected chi connectivity index (χ3v) is 9.62. The second-order valence-corrected chi connectivity index (χ2v) is 10.2. The first-order valence-electron chi connectivity index (χ1n) is 11.0. The smallest absolute Gasteiger partial charge is 0.142 e. The Hall–Kier alpha value is -0.330. The van der Waals surface area contributed by atoms with Crippen molar-refractivity contribution in [3.63, 3.8) is 0 Å². The molecule has 4 saturated carbocycles. The molecule has 4 aliphatic rings. The van der Waals surface area contributed by atoms with Crippen molar-refractivity contribution in [2.24, 2.45) is 46.3 Å². The zero-order valence-corrected chi connectivity index (χ0v) is 16.4. The van der Waals surface area contributed by atoms with Gasteiger partial charge in [0.25, 0.3) is 0 Å². The highest BCUT2D eigenvalue weighted by Gasteiger charge is 2.64. The monoisotopic (exact) mass is 330 g/mol. The molecular weight excluding hydrogens is 292 g/mol. The molecule has 4 rings (SSSR count). The topological polar surface area (TPSA) is 17.1 Å². The average Bonchev–Trinajstić information content (AvgIpc) is 2.81. The van der Waals surface area contributed by atoms with E-state index < -0.39 is 0 Å². The van der Waals surface area contributed by atoms with Gasteiger partial charge < -0.3 is 0 Å². The van der Waals surface area contributed by atoms with Gasteiger partial charge in [-0.15, -0.1) is 0 Å². The number of carbonyl (C=O) groups is 1. The molecule has 0 aromatic carbocycles. The molecule has 0 N–H and O–H groups in total. The Morgan fingerprint density at radius 1 is 0.958 bits per heavy atom. The number of Topliss-reactive ketones (excluding diaryl/α,β-unsaturated/α-hetero) is 1. The molecule has 0 bridgehead atoms. The molecule has 0 heterocycles. The highest BCUT2D eigenvalue weighted by Crippen LogP contribution is 2.67. The molecule has 0 spiro atoms. The molecule has 0 radical (unpaired) electrons. The Morgan fingerprint density at radius 2 is 1.75 bits per heavy atom. The molecule has 0 amide bonds. The fourth-order valence-electron chi connectivity index (χ4n) is 8.52. The average molecular weight is 331 g/mol. The van der Waals surface area contributed by atoms with E-state index in [0.717, 1.165) is 24.2 Å². The summed E-state index contributed by atoms with van der Waals surface area (Å²) in [6.07, 6.45) is 13.5. The van der Waals surface area contributed by atoms with Crippen molar-refractivity contribution in [1.29, 1.82) is 0 Å². The van der Waals surface area contributed by atoms with Crippen molar-refractivity contribution in [3.05, 3.63) is 0 Å². The van der Waals surface area contributed by atoms with E-state index in [1.54, 1.807) is 0 Å². The predicted octanol–water partition coefficient (Wildman–Crippen LogP) is 6.26. The van der Waals surface area contributed by atoms with Crippen LogP contribution in [0.15, 0.2) is 0 Å². The number of carbonyl (C=O) groups excluding carboxylic acids is 1. The van der Waals surface area contributed by atoms with Crippen LogP contribution in [-0.4, -0.2) is 5.78 Å². The van der Waals surface area contributed by atoms with Gasteiger partial charge in [0, 0.05) is 11.3 Å². The molecule has 0 saturated heterocycles. The van der Waals surface area contributed by atoms with Crippen molar-refractivity contribution in [3.8, 4) is 0 Å². The fraction of sp³-hybridized carbons (Fsp3) is 0.957. The van der Waals surface area contributed by atoms with Crippen molar-refractivity contribution in [2.45, 2.75) is 91.9 Å². The lowest BCUT2D eigenvalue weighted by atomic mass is 9.44. The quantitative estimate of drug-likeness (QED) is 0.584. The predicted molar refractivity (Wildman–Crippen MR) is 99.7 cm³/mol. The van der Waals surface area contributed by atoms with Gasteiger partial charge in [-0.25, -0.2) is 0 Å². The molecule has 3 unspecified atom stereocenters. The minimum atomic E-state index is 0.0143. The summed E-state index contributed by atoms with van der Waals surface area (Å²) in [4.78, 5) is 13.3. The Balaban J connectivity index is 1.71. The minimum Gasteiger partial charge on any atom is -0.299 e. The standard InChI is InChI=1S/C23H38O/c1-5-16-17(6-2)21(24)23(4)14-12-19-18(20(16)23)11-10-15-9-7-8-13-22(15,19)3/h15-20H,5-14H2,1-4H3/t15?,16?,17?,18-,19-,20+,22+,23+/m1/s1. The molecule has 8 atom stereocenters. The van der Waals surface area contributed by atoms with Crippen LogP contribution in [0.3, 0.4) is 0 Å². The Labute approximate surface area is 149 Å². The molecule has 0 aromatic rings. The summed E-state index contributed by atoms with van der Waals surface area (Å²) in [6, 6.07) is 0. The molecule has 1 heteroatoms. The van der Waals surface area contributed by atoms with Crippen molar-refractivity contribution in [2.75, 3.05) is 0 Å². The second-order valence-electron chi connectivity index (χ2n) is 10.2. The zero-order chi connectivity index (χ0) is 17.1. The summed E-state index contributed by atoms with van der Waals surface area (Å²) in [5.74, 6) is 5.11. The third kappa shape index (κ3) is 2.08. The van der Waals surface area contributed by atoms with E-state index in [2.05, 4.69) is 27.7 Å². The van der Waals surface area contributed by atoms with Gasteiger partial charge in [0.15, 0.2) is 0 Å². The number of hydrogen-bond donors (Lipinski definition) is 0. The van der Waals surface area contributed by atoms with Crippen LogP contribution in [-0.2, 0) is 4.79 Å². The van der Waals surface area contributed by atoms with Gasteiger partial charge in [-0.1, -0.05) is 47.0 Å². The summed E-state index contributed by atoms with van der Waals surface area (Å²) in [6.45, 7) is 9.61. The van der Waals surface area contributed by atoms with Gasteiger partial charge in [0.2, 0.25) is 0 Å². The normalized spacial score (nSPS) is 54.1. The first kappa shape index (κ1) is 17.1. The van der Waals surface area contributed by atoms with Crippen LogP contribution in [0.1, 0.15) is 91.9 Å². The van der Waals surface area contributed by atoms with Gasteiger partial charge in [-0.05, 0) is 80.0 Å². The first-order chi connectivity index (χ1) is 11.5. The van der Waals surface area contributed by atoms with E-state index in [-0.39, 0.29) is 5.41 Å². The van der Waals surface area contributed by atoms with Gasteiger partial charge >= 0.3 is 0 Å². The van der Waals surface area contributed by atoms with Gasteiger partial charge in [0.05, 0.1) is 0 Å². The first-order valence-corrected chi connectivity index (χ1v) is 11.0. The van der Waals surface area contributed by atoms with Gasteiger partial charge in [0.1, 0.15) is 5.78 Å². The lowest BCUT2D eigenvalue weighted by Gasteiger charge is -2.60. The number of ketones is 1. The lowest BCUT2D eigenvalue weighted by molar-refractivity contribution is -0.141. The molecular formula is C23H38O. The van der Waals surface area contributed by atoms with Crippen LogP contribution >= 0.6 is 0 Å². The van der Waals surface area contributed by atoms with Crippen LogP contribution in [0.4, 0.5) is 0 Å². The van der Waals surface area contributed by atoms with E-state index in [0.29, 0.717) is 29.0 Å². The van der Waals surface area contributed by atoms with E-state index in [1.807, 2.05) is 0 Å². The molecule has 24 heavy (non-hydrogen) atoms. The fourth-order valence-corrected chi connectivity index (χ4v) is 8.52. The maximum atomic E-state index is 13.3. The van der Waals surface area contributed by atoms with Crippen LogP contribution in [0, 0.1) is 46.3 Å². The van der Waals surface area contributed by atoms with Crippen LogP contribution in [0.25, 0.3) is 0 Å². The number of hydrogen-bond acceptors (Lipinski definition) is 1. The summed E-state index contributed by atoms with van der Waals surface area (Å²) >= 11 is 0. The zero-order valence-electron chi connectivity index (χ0n) is 16.4. The van der Waals surface area contributed by atoms with Crippen LogP contribution in [0.5, 0.6) is 0 Å². The maximum Gasteiger partial charge on any atom is 0.142 e. The lowest BCUT2D eigenvalue weighted by Crippen LogP contribution is -2.53. The minimum absolute atomic E-state index is 0.0143. The Morgan fingerprint density at radius 3 is 2.46 bits per heavy atom.